The quantitative estimate of drug-likeness (QED) is 0.886. The van der Waals surface area contributed by atoms with E-state index in [1.807, 2.05) is 42.6 Å². The summed E-state index contributed by atoms with van der Waals surface area (Å²) in [5.41, 5.74) is 2.03. The first-order valence-corrected chi connectivity index (χ1v) is 8.24. The number of aromatic nitrogens is 1. The van der Waals surface area contributed by atoms with Gasteiger partial charge in [-0.25, -0.2) is 4.98 Å². The van der Waals surface area contributed by atoms with Crippen molar-refractivity contribution >= 4 is 29.7 Å². The van der Waals surface area contributed by atoms with E-state index in [0.29, 0.717) is 19.8 Å². The number of carbonyl (C=O) groups excluding carboxylic acids is 1. The van der Waals surface area contributed by atoms with E-state index in [-0.39, 0.29) is 30.4 Å². The highest BCUT2D eigenvalue weighted by molar-refractivity contribution is 7.10. The maximum Gasteiger partial charge on any atom is 0.240 e. The minimum atomic E-state index is -0.273. The lowest BCUT2D eigenvalue weighted by Crippen LogP contribution is -2.51. The van der Waals surface area contributed by atoms with Crippen molar-refractivity contribution in [2.75, 3.05) is 19.8 Å². The molecule has 0 saturated carbocycles. The summed E-state index contributed by atoms with van der Waals surface area (Å²) in [4.78, 5) is 16.8. The Kier molecular flexibility index (Phi) is 6.53. The molecule has 2 atom stereocenters. The van der Waals surface area contributed by atoms with E-state index in [0.717, 1.165) is 16.3 Å². The molecule has 2 unspecified atom stereocenters. The summed E-state index contributed by atoms with van der Waals surface area (Å²) in [6, 6.07) is 9.65. The van der Waals surface area contributed by atoms with Crippen molar-refractivity contribution in [1.29, 1.82) is 0 Å². The number of amides is 1. The second-order valence-corrected chi connectivity index (χ2v) is 6.14. The molecule has 7 heteroatoms. The normalized spacial score (nSPS) is 18.7. The summed E-state index contributed by atoms with van der Waals surface area (Å²) in [7, 11) is 0. The van der Waals surface area contributed by atoms with Crippen LogP contribution in [0.1, 0.15) is 18.0 Å². The molecule has 3 rings (SSSR count). The standard InChI is InChI=1S/C16H19N3O2S.ClH/c1-11(18-15(20)13-9-21-8-7-17-13)16-19-14(10-22-16)12-5-3-2-4-6-12;/h2-6,10-11,13,17H,7-9H2,1H3,(H,18,20);1H. The molecule has 1 fully saturated rings. The summed E-state index contributed by atoms with van der Waals surface area (Å²) < 4.78 is 5.32. The number of ether oxygens (including phenoxy) is 1. The molecule has 0 spiro atoms. The number of carbonyl (C=O) groups is 1. The maximum absolute atomic E-state index is 12.2. The van der Waals surface area contributed by atoms with E-state index in [1.165, 1.54) is 0 Å². The van der Waals surface area contributed by atoms with Gasteiger partial charge in [-0.1, -0.05) is 30.3 Å². The summed E-state index contributed by atoms with van der Waals surface area (Å²) in [5.74, 6) is -0.0383. The monoisotopic (exact) mass is 353 g/mol. The summed E-state index contributed by atoms with van der Waals surface area (Å²) in [6.45, 7) is 3.75. The van der Waals surface area contributed by atoms with E-state index >= 15 is 0 Å². The number of morpholine rings is 1. The fourth-order valence-corrected chi connectivity index (χ4v) is 3.17. The molecule has 1 saturated heterocycles. The van der Waals surface area contributed by atoms with Gasteiger partial charge in [0.2, 0.25) is 5.91 Å². The maximum atomic E-state index is 12.2. The van der Waals surface area contributed by atoms with Crippen LogP contribution >= 0.6 is 23.7 Å². The van der Waals surface area contributed by atoms with Crippen molar-refractivity contribution in [2.45, 2.75) is 19.0 Å². The second-order valence-electron chi connectivity index (χ2n) is 5.25. The largest absolute Gasteiger partial charge is 0.378 e. The van der Waals surface area contributed by atoms with Gasteiger partial charge in [0.15, 0.2) is 0 Å². The van der Waals surface area contributed by atoms with E-state index in [4.69, 9.17) is 4.74 Å². The number of benzene rings is 1. The number of rotatable bonds is 4. The topological polar surface area (TPSA) is 63.2 Å². The van der Waals surface area contributed by atoms with Crippen molar-refractivity contribution in [3.8, 4) is 11.3 Å². The molecule has 2 N–H and O–H groups in total. The van der Waals surface area contributed by atoms with Crippen LogP contribution in [0.5, 0.6) is 0 Å². The van der Waals surface area contributed by atoms with Crippen LogP contribution in [0.15, 0.2) is 35.7 Å². The predicted octanol–water partition coefficient (Wildman–Crippen LogP) is 2.40. The highest BCUT2D eigenvalue weighted by Gasteiger charge is 2.23. The minimum absolute atomic E-state index is 0. The lowest BCUT2D eigenvalue weighted by molar-refractivity contribution is -0.126. The van der Waals surface area contributed by atoms with Crippen molar-refractivity contribution in [3.63, 3.8) is 0 Å². The lowest BCUT2D eigenvalue weighted by atomic mass is 10.2. The molecule has 2 aromatic rings. The summed E-state index contributed by atoms with van der Waals surface area (Å²) in [5, 5.41) is 9.08. The number of halogens is 1. The first kappa shape index (κ1) is 17.9. The van der Waals surface area contributed by atoms with Crippen molar-refractivity contribution in [3.05, 3.63) is 40.7 Å². The molecule has 0 bridgehead atoms. The Morgan fingerprint density at radius 3 is 2.91 bits per heavy atom. The Bertz CT molecular complexity index is 629. The molecule has 5 nitrogen and oxygen atoms in total. The predicted molar refractivity (Wildman–Crippen MR) is 94.0 cm³/mol. The van der Waals surface area contributed by atoms with Gasteiger partial charge in [-0.2, -0.15) is 0 Å². The zero-order valence-corrected chi connectivity index (χ0v) is 14.5. The number of thiazole rings is 1. The van der Waals surface area contributed by atoms with Crippen LogP contribution in [-0.4, -0.2) is 36.7 Å². The first-order valence-electron chi connectivity index (χ1n) is 7.36. The van der Waals surface area contributed by atoms with Gasteiger partial charge in [0.25, 0.3) is 0 Å². The molecule has 0 radical (unpaired) electrons. The van der Waals surface area contributed by atoms with Crippen LogP contribution < -0.4 is 10.6 Å². The number of hydrogen-bond acceptors (Lipinski definition) is 5. The zero-order valence-electron chi connectivity index (χ0n) is 12.8. The molecule has 23 heavy (non-hydrogen) atoms. The van der Waals surface area contributed by atoms with E-state index < -0.39 is 0 Å². The SMILES string of the molecule is CC(NC(=O)C1COCCN1)c1nc(-c2ccccc2)cs1.Cl. The van der Waals surface area contributed by atoms with Crippen LogP contribution in [0.25, 0.3) is 11.3 Å². The molecule has 1 aromatic heterocycles. The van der Waals surface area contributed by atoms with E-state index in [2.05, 4.69) is 15.6 Å². The van der Waals surface area contributed by atoms with Gasteiger partial charge >= 0.3 is 0 Å². The molecule has 1 aliphatic rings. The van der Waals surface area contributed by atoms with Crippen LogP contribution in [0, 0.1) is 0 Å². The Morgan fingerprint density at radius 2 is 2.22 bits per heavy atom. The molecule has 1 amide bonds. The third-order valence-electron chi connectivity index (χ3n) is 3.56. The number of nitrogens with zero attached hydrogens (tertiary/aromatic N) is 1. The van der Waals surface area contributed by atoms with Gasteiger partial charge in [-0.15, -0.1) is 23.7 Å². The van der Waals surface area contributed by atoms with Crippen LogP contribution in [-0.2, 0) is 9.53 Å². The van der Waals surface area contributed by atoms with Gasteiger partial charge < -0.3 is 15.4 Å². The average Bonchev–Trinajstić information content (AvgIpc) is 3.06. The van der Waals surface area contributed by atoms with Gasteiger partial charge in [0, 0.05) is 17.5 Å². The highest BCUT2D eigenvalue weighted by Crippen LogP contribution is 2.25. The molecule has 1 aromatic carbocycles. The Morgan fingerprint density at radius 1 is 1.43 bits per heavy atom. The summed E-state index contributed by atoms with van der Waals surface area (Å²) >= 11 is 1.56. The minimum Gasteiger partial charge on any atom is -0.378 e. The smallest absolute Gasteiger partial charge is 0.240 e. The summed E-state index contributed by atoms with van der Waals surface area (Å²) in [6.07, 6.45) is 0. The van der Waals surface area contributed by atoms with E-state index in [9.17, 15) is 4.79 Å². The van der Waals surface area contributed by atoms with Crippen molar-refractivity contribution in [1.82, 2.24) is 15.6 Å². The Hall–Kier alpha value is -1.47. The van der Waals surface area contributed by atoms with E-state index in [1.54, 1.807) is 11.3 Å². The molecule has 2 heterocycles. The second kappa shape index (κ2) is 8.40. The molecule has 0 aliphatic carbocycles. The Balaban J connectivity index is 0.00000192. The van der Waals surface area contributed by atoms with Gasteiger partial charge in [-0.3, -0.25) is 4.79 Å². The zero-order chi connectivity index (χ0) is 15.4. The third kappa shape index (κ3) is 4.51. The van der Waals surface area contributed by atoms with Crippen LogP contribution in [0.4, 0.5) is 0 Å². The van der Waals surface area contributed by atoms with Crippen LogP contribution in [0.3, 0.4) is 0 Å². The fourth-order valence-electron chi connectivity index (χ4n) is 2.34. The molecule has 1 aliphatic heterocycles. The van der Waals surface area contributed by atoms with Gasteiger partial charge in [0.05, 0.1) is 24.9 Å². The number of hydrogen-bond donors (Lipinski definition) is 2. The highest BCUT2D eigenvalue weighted by atomic mass is 35.5. The van der Waals surface area contributed by atoms with Gasteiger partial charge in [-0.05, 0) is 6.92 Å². The lowest BCUT2D eigenvalue weighted by Gasteiger charge is -2.24. The fraction of sp³-hybridized carbons (Fsp3) is 0.375. The van der Waals surface area contributed by atoms with Crippen molar-refractivity contribution in [2.24, 2.45) is 0 Å². The molecule has 124 valence electrons. The van der Waals surface area contributed by atoms with Gasteiger partial charge in [0.1, 0.15) is 11.0 Å². The van der Waals surface area contributed by atoms with Crippen LogP contribution in [0.2, 0.25) is 0 Å². The number of nitrogens with one attached hydrogen (secondary N) is 2. The first-order chi connectivity index (χ1) is 10.7. The van der Waals surface area contributed by atoms with Crippen molar-refractivity contribution < 1.29 is 9.53 Å². The average molecular weight is 354 g/mol. The Labute approximate surface area is 145 Å². The molecular formula is C16H20ClN3O2S. The molecular weight excluding hydrogens is 334 g/mol. The third-order valence-corrected chi connectivity index (χ3v) is 4.59.